The number of hydrogen-bond donors (Lipinski definition) is 1. The molecule has 0 aromatic carbocycles. The summed E-state index contributed by atoms with van der Waals surface area (Å²) in [6.45, 7) is 13.2. The van der Waals surface area contributed by atoms with E-state index >= 15 is 0 Å². The molecule has 1 unspecified atom stereocenters. The number of ether oxygens (including phenoxy) is 1. The van der Waals surface area contributed by atoms with Crippen molar-refractivity contribution < 1.29 is 14.6 Å². The number of nitrogens with one attached hydrogen (secondary N) is 1. The van der Waals surface area contributed by atoms with Gasteiger partial charge in [-0.05, 0) is 51.9 Å². The van der Waals surface area contributed by atoms with Crippen LogP contribution in [0.2, 0.25) is 0 Å². The van der Waals surface area contributed by atoms with Crippen molar-refractivity contribution in [3.05, 3.63) is 0 Å². The first-order valence-electron chi connectivity index (χ1n) is 10.5. The predicted molar refractivity (Wildman–Crippen MR) is 109 cm³/mol. The van der Waals surface area contributed by atoms with Gasteiger partial charge in [0.25, 0.3) is 0 Å². The van der Waals surface area contributed by atoms with Gasteiger partial charge in [0, 0.05) is 46.7 Å². The van der Waals surface area contributed by atoms with E-state index in [-0.39, 0.29) is 7.18 Å². The molecule has 2 aliphatic rings. The maximum absolute atomic E-state index is 11.4. The van der Waals surface area contributed by atoms with Gasteiger partial charge in [0.05, 0.1) is 18.5 Å². The highest BCUT2D eigenvalue weighted by molar-refractivity contribution is 7.89. The maximum Gasteiger partial charge on any atom is 0.211 e. The van der Waals surface area contributed by atoms with Crippen molar-refractivity contribution in [3.8, 4) is 0 Å². The van der Waals surface area contributed by atoms with Crippen LogP contribution in [0.15, 0.2) is 0 Å². The Labute approximate surface area is 162 Å². The van der Waals surface area contributed by atoms with Crippen molar-refractivity contribution in [2.24, 2.45) is 5.92 Å². The van der Waals surface area contributed by atoms with Crippen LogP contribution in [0.3, 0.4) is 0 Å². The van der Waals surface area contributed by atoms with Crippen LogP contribution in [0.4, 0.5) is 0 Å². The van der Waals surface area contributed by atoms with E-state index in [0.29, 0.717) is 25.3 Å². The Balaban J connectivity index is 0.00000364. The topological polar surface area (TPSA) is 61.9 Å². The van der Waals surface area contributed by atoms with E-state index in [1.54, 1.807) is 6.92 Å². The lowest BCUT2D eigenvalue weighted by Crippen LogP contribution is -2.50. The third kappa shape index (κ3) is 7.43. The van der Waals surface area contributed by atoms with Crippen molar-refractivity contribution in [1.29, 1.82) is 0 Å². The molecule has 0 radical (unpaired) electrons. The van der Waals surface area contributed by atoms with Gasteiger partial charge in [-0.2, -0.15) is 0 Å². The number of rotatable bonds is 10. The normalized spacial score (nSPS) is 27.5. The average molecular weight is 392 g/mol. The molecule has 1 N–H and O–H groups in total. The summed E-state index contributed by atoms with van der Waals surface area (Å²) in [6.07, 6.45) is 6.23. The van der Waals surface area contributed by atoms with Crippen LogP contribution in [0.25, 0.3) is 0 Å². The lowest BCUT2D eigenvalue weighted by Gasteiger charge is -2.40. The minimum atomic E-state index is -3.10. The Kier molecular flexibility index (Phi) is 9.30. The van der Waals surface area contributed by atoms with Crippen molar-refractivity contribution >= 4 is 10.0 Å². The summed E-state index contributed by atoms with van der Waals surface area (Å²) in [5, 5.41) is 0. The average Bonchev–Trinajstić information content (AvgIpc) is 2.66. The van der Waals surface area contributed by atoms with E-state index in [2.05, 4.69) is 28.4 Å². The molecule has 156 valence electrons. The van der Waals surface area contributed by atoms with Crippen LogP contribution in [-0.4, -0.2) is 82.0 Å². The first kappa shape index (κ1) is 22.1. The molecule has 1 aliphatic carbocycles. The van der Waals surface area contributed by atoms with E-state index in [1.165, 1.54) is 52.0 Å². The van der Waals surface area contributed by atoms with E-state index in [0.717, 1.165) is 18.8 Å². The summed E-state index contributed by atoms with van der Waals surface area (Å²) in [7, 11) is -3.10. The zero-order chi connectivity index (χ0) is 19.0. The molecule has 1 saturated carbocycles. The third-order valence-corrected chi connectivity index (χ3v) is 7.49. The quantitative estimate of drug-likeness (QED) is 0.578. The second-order valence-electron chi connectivity index (χ2n) is 7.91. The number of sulfonamides is 1. The third-order valence-electron chi connectivity index (χ3n) is 6.09. The second-order valence-corrected chi connectivity index (χ2v) is 10.0. The van der Waals surface area contributed by atoms with Crippen LogP contribution in [0.1, 0.15) is 54.3 Å². The molecular formula is C19H41N3O3S. The molecule has 1 atom stereocenters. The molecule has 0 aromatic heterocycles. The van der Waals surface area contributed by atoms with Gasteiger partial charge in [0.2, 0.25) is 10.0 Å². The van der Waals surface area contributed by atoms with E-state index < -0.39 is 10.0 Å². The molecule has 1 heterocycles. The van der Waals surface area contributed by atoms with Crippen molar-refractivity contribution in [3.63, 3.8) is 0 Å². The summed E-state index contributed by atoms with van der Waals surface area (Å²) in [4.78, 5) is 5.26. The Morgan fingerprint density at radius 1 is 1.12 bits per heavy atom. The number of hydrogen-bond acceptors (Lipinski definition) is 5. The van der Waals surface area contributed by atoms with Gasteiger partial charge in [0.15, 0.2) is 0 Å². The van der Waals surface area contributed by atoms with Gasteiger partial charge < -0.3 is 9.64 Å². The van der Waals surface area contributed by atoms with Gasteiger partial charge >= 0.3 is 0 Å². The number of piperazine rings is 1. The molecule has 1 saturated heterocycles. The molecule has 0 aromatic rings. The zero-order valence-corrected chi connectivity index (χ0v) is 17.8. The van der Waals surface area contributed by atoms with E-state index in [1.807, 2.05) is 0 Å². The highest BCUT2D eigenvalue weighted by atomic mass is 32.2. The van der Waals surface area contributed by atoms with Gasteiger partial charge in [0.1, 0.15) is 0 Å². The van der Waals surface area contributed by atoms with Gasteiger partial charge in [-0.1, -0.05) is 6.92 Å². The SMILES string of the molecule is CCC(C)N1CCN(CC2CCC(OCCNS(=O)(=O)CC)CC2)CC1.[HH]. The van der Waals surface area contributed by atoms with Crippen LogP contribution < -0.4 is 4.72 Å². The van der Waals surface area contributed by atoms with E-state index in [9.17, 15) is 8.42 Å². The second kappa shape index (κ2) is 11.0. The maximum atomic E-state index is 11.4. The van der Waals surface area contributed by atoms with E-state index in [4.69, 9.17) is 4.74 Å². The summed E-state index contributed by atoms with van der Waals surface area (Å²) < 4.78 is 31.2. The molecule has 6 nitrogen and oxygen atoms in total. The lowest BCUT2D eigenvalue weighted by molar-refractivity contribution is 0.0131. The van der Waals surface area contributed by atoms with Crippen molar-refractivity contribution in [2.45, 2.75) is 65.0 Å². The summed E-state index contributed by atoms with van der Waals surface area (Å²) >= 11 is 0. The Morgan fingerprint density at radius 2 is 1.77 bits per heavy atom. The molecule has 2 rings (SSSR count). The lowest BCUT2D eigenvalue weighted by atomic mass is 9.87. The van der Waals surface area contributed by atoms with Crippen LogP contribution in [-0.2, 0) is 14.8 Å². The first-order valence-corrected chi connectivity index (χ1v) is 12.1. The molecule has 0 spiro atoms. The number of nitrogens with zero attached hydrogens (tertiary/aromatic N) is 2. The molecule has 7 heteroatoms. The largest absolute Gasteiger partial charge is 0.377 e. The molecule has 0 bridgehead atoms. The minimum absolute atomic E-state index is 0. The molecule has 2 fully saturated rings. The highest BCUT2D eigenvalue weighted by Gasteiger charge is 2.26. The van der Waals surface area contributed by atoms with Crippen LogP contribution in [0.5, 0.6) is 0 Å². The summed E-state index contributed by atoms with van der Waals surface area (Å²) in [5.41, 5.74) is 0. The van der Waals surface area contributed by atoms with Crippen LogP contribution >= 0.6 is 0 Å². The minimum Gasteiger partial charge on any atom is -0.377 e. The monoisotopic (exact) mass is 391 g/mol. The van der Waals surface area contributed by atoms with Crippen molar-refractivity contribution in [1.82, 2.24) is 14.5 Å². The fourth-order valence-corrected chi connectivity index (χ4v) is 4.61. The zero-order valence-electron chi connectivity index (χ0n) is 17.0. The fraction of sp³-hybridized carbons (Fsp3) is 1.00. The van der Waals surface area contributed by atoms with Gasteiger partial charge in [-0.3, -0.25) is 4.90 Å². The summed E-state index contributed by atoms with van der Waals surface area (Å²) in [6, 6.07) is 0.714. The van der Waals surface area contributed by atoms with Crippen LogP contribution in [0, 0.1) is 5.92 Å². The molecular weight excluding hydrogens is 350 g/mol. The smallest absolute Gasteiger partial charge is 0.211 e. The molecule has 0 amide bonds. The van der Waals surface area contributed by atoms with Crippen molar-refractivity contribution in [2.75, 3.05) is 51.6 Å². The first-order chi connectivity index (χ1) is 12.4. The van der Waals surface area contributed by atoms with Gasteiger partial charge in [-0.25, -0.2) is 13.1 Å². The summed E-state index contributed by atoms with van der Waals surface area (Å²) in [5.74, 6) is 0.924. The Bertz CT molecular complexity index is 490. The highest BCUT2D eigenvalue weighted by Crippen LogP contribution is 2.27. The standard InChI is InChI=1S/C19H39N3O3S.H2/c1-4-17(3)22-13-11-21(12-14-22)16-18-6-8-19(9-7-18)25-15-10-20-26(23,24)5-2;/h17-20H,4-16H2,1-3H3;1H. The fourth-order valence-electron chi connectivity index (χ4n) is 4.02. The predicted octanol–water partition coefficient (Wildman–Crippen LogP) is 2.16. The van der Waals surface area contributed by atoms with Gasteiger partial charge in [-0.15, -0.1) is 0 Å². The Hall–Kier alpha value is -0.210. The molecule has 1 aliphatic heterocycles. The molecule has 26 heavy (non-hydrogen) atoms. The Morgan fingerprint density at radius 3 is 2.35 bits per heavy atom.